The molecule has 0 radical (unpaired) electrons. The Bertz CT molecular complexity index is 482. The molecule has 22 heavy (non-hydrogen) atoms. The molecule has 2 heterocycles. The van der Waals surface area contributed by atoms with Crippen LogP contribution in [-0.2, 0) is 11.2 Å². The second-order valence-corrected chi connectivity index (χ2v) is 8.01. The van der Waals surface area contributed by atoms with Gasteiger partial charge in [0.1, 0.15) is 0 Å². The fourth-order valence-electron chi connectivity index (χ4n) is 2.86. The number of nitrogens with zero attached hydrogens (tertiary/aromatic N) is 1. The van der Waals surface area contributed by atoms with Gasteiger partial charge in [-0.05, 0) is 56.7 Å². The van der Waals surface area contributed by atoms with Gasteiger partial charge in [0.15, 0.2) is 0 Å². The van der Waals surface area contributed by atoms with Crippen molar-refractivity contribution in [3.63, 3.8) is 0 Å². The highest BCUT2D eigenvalue weighted by molar-refractivity contribution is 7.16. The molecule has 2 aliphatic rings. The predicted molar refractivity (Wildman–Crippen MR) is 95.2 cm³/mol. The maximum absolute atomic E-state index is 12.2. The Morgan fingerprint density at radius 2 is 2.00 bits per heavy atom. The summed E-state index contributed by atoms with van der Waals surface area (Å²) in [5, 5.41) is 3.65. The Morgan fingerprint density at radius 1 is 1.27 bits per heavy atom. The third kappa shape index (κ3) is 5.41. The SMILES string of the molecule is Cl.O=C(CCc1ccc(Cl)s1)N1CCC(NCC2CC2)CC1. The molecule has 1 saturated heterocycles. The number of hydrogen-bond acceptors (Lipinski definition) is 3. The third-order valence-corrected chi connectivity index (χ3v) is 5.74. The molecular formula is C16H24Cl2N2OS. The molecule has 1 aromatic rings. The lowest BCUT2D eigenvalue weighted by Gasteiger charge is -2.32. The highest BCUT2D eigenvalue weighted by Gasteiger charge is 2.25. The highest BCUT2D eigenvalue weighted by Crippen LogP contribution is 2.28. The van der Waals surface area contributed by atoms with Crippen LogP contribution >= 0.6 is 35.3 Å². The summed E-state index contributed by atoms with van der Waals surface area (Å²) in [6, 6.07) is 4.54. The van der Waals surface area contributed by atoms with Gasteiger partial charge in [0.2, 0.25) is 5.91 Å². The van der Waals surface area contributed by atoms with Crippen LogP contribution in [0.1, 0.15) is 37.0 Å². The van der Waals surface area contributed by atoms with E-state index in [1.54, 1.807) is 11.3 Å². The van der Waals surface area contributed by atoms with E-state index in [2.05, 4.69) is 5.32 Å². The maximum Gasteiger partial charge on any atom is 0.222 e. The van der Waals surface area contributed by atoms with Gasteiger partial charge in [-0.15, -0.1) is 23.7 Å². The van der Waals surface area contributed by atoms with Gasteiger partial charge in [0.05, 0.1) is 4.34 Å². The number of rotatable bonds is 6. The van der Waals surface area contributed by atoms with Crippen molar-refractivity contribution in [3.05, 3.63) is 21.3 Å². The summed E-state index contributed by atoms with van der Waals surface area (Å²) in [6.07, 6.45) is 6.42. The van der Waals surface area contributed by atoms with Crippen LogP contribution in [0.2, 0.25) is 4.34 Å². The van der Waals surface area contributed by atoms with Crippen LogP contribution in [0.3, 0.4) is 0 Å². The summed E-state index contributed by atoms with van der Waals surface area (Å²) in [5.41, 5.74) is 0. The van der Waals surface area contributed by atoms with Crippen molar-refractivity contribution >= 4 is 41.3 Å². The van der Waals surface area contributed by atoms with Gasteiger partial charge in [-0.25, -0.2) is 0 Å². The monoisotopic (exact) mass is 362 g/mol. The zero-order valence-electron chi connectivity index (χ0n) is 12.7. The van der Waals surface area contributed by atoms with Crippen molar-refractivity contribution in [2.24, 2.45) is 5.92 Å². The number of amides is 1. The van der Waals surface area contributed by atoms with E-state index >= 15 is 0 Å². The minimum atomic E-state index is 0. The van der Waals surface area contributed by atoms with E-state index in [4.69, 9.17) is 11.6 Å². The van der Waals surface area contributed by atoms with E-state index in [0.717, 1.165) is 42.6 Å². The standard InChI is InChI=1S/C16H23ClN2OS.ClH/c17-15-5-3-14(21-15)4-6-16(20)19-9-7-13(8-10-19)18-11-12-1-2-12;/h3,5,12-13,18H,1-2,4,6-11H2;1H. The summed E-state index contributed by atoms with van der Waals surface area (Å²) >= 11 is 7.49. The average Bonchev–Trinajstić information content (AvgIpc) is 3.24. The Labute approximate surface area is 147 Å². The fourth-order valence-corrected chi connectivity index (χ4v) is 3.95. The lowest BCUT2D eigenvalue weighted by molar-refractivity contribution is -0.132. The predicted octanol–water partition coefficient (Wildman–Crippen LogP) is 3.75. The van der Waals surface area contributed by atoms with Crippen LogP contribution in [0.15, 0.2) is 12.1 Å². The highest BCUT2D eigenvalue weighted by atomic mass is 35.5. The fraction of sp³-hybridized carbons (Fsp3) is 0.688. The van der Waals surface area contributed by atoms with Gasteiger partial charge < -0.3 is 10.2 Å². The minimum Gasteiger partial charge on any atom is -0.343 e. The number of halogens is 2. The zero-order chi connectivity index (χ0) is 14.7. The minimum absolute atomic E-state index is 0. The molecule has 3 nitrogen and oxygen atoms in total. The number of likely N-dealkylation sites (tertiary alicyclic amines) is 1. The van der Waals surface area contributed by atoms with Crippen molar-refractivity contribution in [2.75, 3.05) is 19.6 Å². The van der Waals surface area contributed by atoms with Crippen LogP contribution in [-0.4, -0.2) is 36.5 Å². The number of thiophene rings is 1. The van der Waals surface area contributed by atoms with Crippen LogP contribution < -0.4 is 5.32 Å². The number of hydrogen-bond donors (Lipinski definition) is 1. The van der Waals surface area contributed by atoms with E-state index in [9.17, 15) is 4.79 Å². The average molecular weight is 363 g/mol. The molecule has 1 aliphatic carbocycles. The summed E-state index contributed by atoms with van der Waals surface area (Å²) in [5.74, 6) is 1.22. The van der Waals surface area contributed by atoms with Crippen molar-refractivity contribution in [1.82, 2.24) is 10.2 Å². The van der Waals surface area contributed by atoms with Crippen LogP contribution in [0.4, 0.5) is 0 Å². The quantitative estimate of drug-likeness (QED) is 0.835. The first kappa shape index (κ1) is 18.1. The molecule has 124 valence electrons. The number of nitrogens with one attached hydrogen (secondary N) is 1. The Hall–Kier alpha value is -0.290. The molecule has 1 N–H and O–H groups in total. The van der Waals surface area contributed by atoms with E-state index in [-0.39, 0.29) is 12.4 Å². The van der Waals surface area contributed by atoms with Gasteiger partial charge in [-0.3, -0.25) is 4.79 Å². The molecule has 0 aromatic carbocycles. The second-order valence-electron chi connectivity index (χ2n) is 6.21. The van der Waals surface area contributed by atoms with E-state index in [0.29, 0.717) is 18.4 Å². The molecule has 1 amide bonds. The molecule has 2 fully saturated rings. The molecule has 1 saturated carbocycles. The molecule has 6 heteroatoms. The molecule has 1 aromatic heterocycles. The molecule has 3 rings (SSSR count). The van der Waals surface area contributed by atoms with Crippen LogP contribution in [0.5, 0.6) is 0 Å². The van der Waals surface area contributed by atoms with E-state index in [1.807, 2.05) is 17.0 Å². The molecular weight excluding hydrogens is 339 g/mol. The lowest BCUT2D eigenvalue weighted by atomic mass is 10.0. The number of aryl methyl sites for hydroxylation is 1. The lowest BCUT2D eigenvalue weighted by Crippen LogP contribution is -2.45. The Kier molecular flexibility index (Phi) is 7.00. The first-order chi connectivity index (χ1) is 10.2. The van der Waals surface area contributed by atoms with Crippen molar-refractivity contribution in [3.8, 4) is 0 Å². The van der Waals surface area contributed by atoms with Crippen LogP contribution in [0.25, 0.3) is 0 Å². The summed E-state index contributed by atoms with van der Waals surface area (Å²) in [4.78, 5) is 15.5. The largest absolute Gasteiger partial charge is 0.343 e. The van der Waals surface area contributed by atoms with E-state index in [1.165, 1.54) is 24.3 Å². The molecule has 1 aliphatic heterocycles. The topological polar surface area (TPSA) is 32.3 Å². The van der Waals surface area contributed by atoms with Crippen molar-refractivity contribution in [2.45, 2.75) is 44.6 Å². The van der Waals surface area contributed by atoms with Gasteiger partial charge in [0.25, 0.3) is 0 Å². The molecule has 0 atom stereocenters. The second kappa shape index (κ2) is 8.53. The molecule has 0 bridgehead atoms. The summed E-state index contributed by atoms with van der Waals surface area (Å²) in [7, 11) is 0. The smallest absolute Gasteiger partial charge is 0.222 e. The van der Waals surface area contributed by atoms with Gasteiger partial charge in [-0.2, -0.15) is 0 Å². The van der Waals surface area contributed by atoms with Gasteiger partial charge in [-0.1, -0.05) is 11.6 Å². The number of carbonyl (C=O) groups is 1. The molecule has 0 spiro atoms. The van der Waals surface area contributed by atoms with E-state index < -0.39 is 0 Å². The Morgan fingerprint density at radius 3 is 2.59 bits per heavy atom. The van der Waals surface area contributed by atoms with Crippen molar-refractivity contribution < 1.29 is 4.79 Å². The first-order valence-corrected chi connectivity index (χ1v) is 9.15. The summed E-state index contributed by atoms with van der Waals surface area (Å²) in [6.45, 7) is 3.00. The number of carbonyl (C=O) groups excluding carboxylic acids is 1. The Balaban J connectivity index is 0.00000176. The third-order valence-electron chi connectivity index (χ3n) is 4.45. The van der Waals surface area contributed by atoms with Gasteiger partial charge >= 0.3 is 0 Å². The van der Waals surface area contributed by atoms with Gasteiger partial charge in [0, 0.05) is 30.4 Å². The zero-order valence-corrected chi connectivity index (χ0v) is 15.1. The molecule has 0 unspecified atom stereocenters. The first-order valence-electron chi connectivity index (χ1n) is 7.96. The normalized spacial score (nSPS) is 19.0. The summed E-state index contributed by atoms with van der Waals surface area (Å²) < 4.78 is 0.806. The van der Waals surface area contributed by atoms with Crippen LogP contribution in [0, 0.1) is 5.92 Å². The number of piperidine rings is 1. The maximum atomic E-state index is 12.2. The van der Waals surface area contributed by atoms with Crippen molar-refractivity contribution in [1.29, 1.82) is 0 Å².